The second-order valence-electron chi connectivity index (χ2n) is 5.48. The number of pyridine rings is 1. The number of rotatable bonds is 3. The lowest BCUT2D eigenvalue weighted by Gasteiger charge is -2.07. The number of amides is 1. The van der Waals surface area contributed by atoms with E-state index < -0.39 is 0 Å². The van der Waals surface area contributed by atoms with E-state index in [-0.39, 0.29) is 5.91 Å². The molecule has 0 atom stereocenters. The van der Waals surface area contributed by atoms with Gasteiger partial charge in [-0.1, -0.05) is 29.8 Å². The fourth-order valence-electron chi connectivity index (χ4n) is 2.63. The van der Waals surface area contributed by atoms with Gasteiger partial charge in [-0.15, -0.1) is 0 Å². The maximum absolute atomic E-state index is 12.5. The number of hydrogen-bond acceptors (Lipinski definition) is 3. The lowest BCUT2D eigenvalue weighted by atomic mass is 10.1. The third-order valence-electron chi connectivity index (χ3n) is 3.82. The highest BCUT2D eigenvalue weighted by molar-refractivity contribution is 6.30. The van der Waals surface area contributed by atoms with Gasteiger partial charge in [0, 0.05) is 40.1 Å². The van der Waals surface area contributed by atoms with Gasteiger partial charge < -0.3 is 5.32 Å². The van der Waals surface area contributed by atoms with Gasteiger partial charge in [0.05, 0.1) is 5.69 Å². The van der Waals surface area contributed by atoms with Crippen LogP contribution in [0.3, 0.4) is 0 Å². The number of carbonyl (C=O) groups excluding carboxylic acids is 1. The molecule has 2 aromatic heterocycles. The summed E-state index contributed by atoms with van der Waals surface area (Å²) in [5.74, 6) is -0.273. The van der Waals surface area contributed by atoms with Gasteiger partial charge in [0.15, 0.2) is 5.69 Å². The van der Waals surface area contributed by atoms with Crippen molar-refractivity contribution in [2.45, 2.75) is 0 Å². The van der Waals surface area contributed by atoms with Crippen molar-refractivity contribution in [2.24, 2.45) is 0 Å². The largest absolute Gasteiger partial charge is 0.320 e. The predicted molar refractivity (Wildman–Crippen MR) is 98.3 cm³/mol. The lowest BCUT2D eigenvalue weighted by molar-refractivity contribution is 0.102. The molecule has 0 unspecified atom stereocenters. The van der Waals surface area contributed by atoms with Crippen molar-refractivity contribution in [3.63, 3.8) is 0 Å². The Morgan fingerprint density at radius 1 is 1.08 bits per heavy atom. The molecule has 0 fully saturated rings. The molecule has 0 saturated heterocycles. The minimum Gasteiger partial charge on any atom is -0.320 e. The van der Waals surface area contributed by atoms with E-state index in [0.717, 1.165) is 22.1 Å². The Morgan fingerprint density at radius 2 is 1.96 bits per heavy atom. The normalized spacial score (nSPS) is 10.8. The molecule has 2 aromatic carbocycles. The summed E-state index contributed by atoms with van der Waals surface area (Å²) in [4.78, 5) is 16.6. The summed E-state index contributed by atoms with van der Waals surface area (Å²) < 4.78 is 1.62. The van der Waals surface area contributed by atoms with Crippen LogP contribution in [0.5, 0.6) is 0 Å². The Kier molecular flexibility index (Phi) is 3.91. The summed E-state index contributed by atoms with van der Waals surface area (Å²) in [6.45, 7) is 0. The number of anilines is 1. The molecule has 0 radical (unpaired) electrons. The summed E-state index contributed by atoms with van der Waals surface area (Å²) in [6.07, 6.45) is 5.19. The molecule has 4 rings (SSSR count). The first kappa shape index (κ1) is 15.4. The Balaban J connectivity index is 1.61. The third-order valence-corrected chi connectivity index (χ3v) is 4.06. The predicted octanol–water partition coefficient (Wildman–Crippen LogP) is 4.33. The Bertz CT molecular complexity index is 1070. The number of nitrogens with one attached hydrogen (secondary N) is 1. The number of nitrogens with zero attached hydrogens (tertiary/aromatic N) is 3. The molecule has 0 aliphatic carbocycles. The second kappa shape index (κ2) is 6.37. The monoisotopic (exact) mass is 348 g/mol. The van der Waals surface area contributed by atoms with Crippen LogP contribution < -0.4 is 5.32 Å². The molecule has 5 nitrogen and oxygen atoms in total. The number of aromatic nitrogens is 3. The van der Waals surface area contributed by atoms with Crippen LogP contribution in [0, 0.1) is 0 Å². The molecule has 0 aliphatic heterocycles. The average molecular weight is 349 g/mol. The zero-order valence-electron chi connectivity index (χ0n) is 13.1. The maximum Gasteiger partial charge on any atom is 0.276 e. The van der Waals surface area contributed by atoms with E-state index in [1.54, 1.807) is 41.5 Å². The van der Waals surface area contributed by atoms with Crippen LogP contribution in [0.2, 0.25) is 5.02 Å². The topological polar surface area (TPSA) is 59.8 Å². The highest BCUT2D eigenvalue weighted by Crippen LogP contribution is 2.22. The molecule has 122 valence electrons. The van der Waals surface area contributed by atoms with Crippen molar-refractivity contribution in [3.05, 3.63) is 83.9 Å². The SMILES string of the molecule is O=C(Nc1cccc2cnccc12)c1ccn(-c2cccc(Cl)c2)n1. The van der Waals surface area contributed by atoms with Gasteiger partial charge in [-0.2, -0.15) is 5.10 Å². The van der Waals surface area contributed by atoms with Crippen LogP contribution in [0.25, 0.3) is 16.5 Å². The van der Waals surface area contributed by atoms with Gasteiger partial charge in [0.25, 0.3) is 5.91 Å². The van der Waals surface area contributed by atoms with Crippen molar-refractivity contribution in [1.82, 2.24) is 14.8 Å². The van der Waals surface area contributed by atoms with Crippen molar-refractivity contribution >= 4 is 34.0 Å². The van der Waals surface area contributed by atoms with Gasteiger partial charge >= 0.3 is 0 Å². The number of halogens is 1. The van der Waals surface area contributed by atoms with Crippen molar-refractivity contribution in [2.75, 3.05) is 5.32 Å². The Morgan fingerprint density at radius 3 is 2.84 bits per heavy atom. The first-order valence-electron chi connectivity index (χ1n) is 7.66. The van der Waals surface area contributed by atoms with E-state index >= 15 is 0 Å². The molecule has 1 N–H and O–H groups in total. The molecule has 2 heterocycles. The number of hydrogen-bond donors (Lipinski definition) is 1. The van der Waals surface area contributed by atoms with E-state index in [2.05, 4.69) is 15.4 Å². The van der Waals surface area contributed by atoms with Crippen LogP contribution in [-0.4, -0.2) is 20.7 Å². The number of fused-ring (bicyclic) bond motifs is 1. The van der Waals surface area contributed by atoms with E-state index in [4.69, 9.17) is 11.6 Å². The fourth-order valence-corrected chi connectivity index (χ4v) is 2.81. The minimum absolute atomic E-state index is 0.273. The van der Waals surface area contributed by atoms with Gasteiger partial charge in [0.1, 0.15) is 0 Å². The first-order chi connectivity index (χ1) is 12.2. The van der Waals surface area contributed by atoms with Crippen LogP contribution in [0.15, 0.2) is 73.2 Å². The van der Waals surface area contributed by atoms with E-state index in [1.165, 1.54) is 0 Å². The molecular weight excluding hydrogens is 336 g/mol. The van der Waals surface area contributed by atoms with E-state index in [1.807, 2.05) is 36.4 Å². The summed E-state index contributed by atoms with van der Waals surface area (Å²) in [5, 5.41) is 9.75. The molecule has 0 bridgehead atoms. The van der Waals surface area contributed by atoms with Gasteiger partial charge in [-0.05, 0) is 36.4 Å². The average Bonchev–Trinajstić information content (AvgIpc) is 3.12. The van der Waals surface area contributed by atoms with Crippen LogP contribution in [0.4, 0.5) is 5.69 Å². The standard InChI is InChI=1S/C19H13ClN4O/c20-14-4-2-5-15(11-14)24-10-8-18(23-24)19(25)22-17-6-1-3-13-12-21-9-7-16(13)17/h1-12H,(H,22,25). The zero-order chi connectivity index (χ0) is 17.2. The zero-order valence-corrected chi connectivity index (χ0v) is 13.8. The van der Waals surface area contributed by atoms with Gasteiger partial charge in [-0.25, -0.2) is 4.68 Å². The van der Waals surface area contributed by atoms with E-state index in [0.29, 0.717) is 10.7 Å². The smallest absolute Gasteiger partial charge is 0.276 e. The molecule has 0 saturated carbocycles. The minimum atomic E-state index is -0.273. The lowest BCUT2D eigenvalue weighted by Crippen LogP contribution is -2.13. The maximum atomic E-state index is 12.5. The molecule has 25 heavy (non-hydrogen) atoms. The summed E-state index contributed by atoms with van der Waals surface area (Å²) in [7, 11) is 0. The van der Waals surface area contributed by atoms with Crippen molar-refractivity contribution < 1.29 is 4.79 Å². The molecule has 0 aliphatic rings. The van der Waals surface area contributed by atoms with Crippen LogP contribution >= 0.6 is 11.6 Å². The van der Waals surface area contributed by atoms with Crippen LogP contribution in [-0.2, 0) is 0 Å². The summed E-state index contributed by atoms with van der Waals surface area (Å²) >= 11 is 6.00. The summed E-state index contributed by atoms with van der Waals surface area (Å²) in [5.41, 5.74) is 1.84. The highest BCUT2D eigenvalue weighted by Gasteiger charge is 2.12. The van der Waals surface area contributed by atoms with Crippen LogP contribution in [0.1, 0.15) is 10.5 Å². The molecule has 4 aromatic rings. The Labute approximate surface area is 148 Å². The highest BCUT2D eigenvalue weighted by atomic mass is 35.5. The first-order valence-corrected chi connectivity index (χ1v) is 8.04. The van der Waals surface area contributed by atoms with Crippen molar-refractivity contribution in [1.29, 1.82) is 0 Å². The van der Waals surface area contributed by atoms with Gasteiger partial charge in [0.2, 0.25) is 0 Å². The fraction of sp³-hybridized carbons (Fsp3) is 0. The summed E-state index contributed by atoms with van der Waals surface area (Å²) in [6, 6.07) is 16.5. The third kappa shape index (κ3) is 3.09. The second-order valence-corrected chi connectivity index (χ2v) is 5.92. The number of carbonyl (C=O) groups is 1. The quantitative estimate of drug-likeness (QED) is 0.599. The molecule has 6 heteroatoms. The van der Waals surface area contributed by atoms with Crippen molar-refractivity contribution in [3.8, 4) is 5.69 Å². The molecule has 0 spiro atoms. The molecule has 1 amide bonds. The van der Waals surface area contributed by atoms with Gasteiger partial charge in [-0.3, -0.25) is 9.78 Å². The van der Waals surface area contributed by atoms with E-state index in [9.17, 15) is 4.79 Å². The number of benzene rings is 2. The molecular formula is C19H13ClN4O. The Hall–Kier alpha value is -3.18.